The molecule has 0 fully saturated rings. The fourth-order valence-electron chi connectivity index (χ4n) is 2.20. The van der Waals surface area contributed by atoms with Crippen molar-refractivity contribution in [1.29, 1.82) is 0 Å². The predicted molar refractivity (Wildman–Crippen MR) is 112 cm³/mol. The molecule has 0 saturated carbocycles. The minimum absolute atomic E-state index is 0.384. The molecule has 152 valence electrons. The Morgan fingerprint density at radius 2 is 0.923 bits per heavy atom. The van der Waals surface area contributed by atoms with Crippen molar-refractivity contribution in [3.8, 4) is 0 Å². The standard InChI is InChI=1S/C4H4O4.2C4H9.4C2H5.2Sn/c5-3(6)1-2-4(7)8;2*1-3-4-2;4*1-2;;/h1-2H,(H,5,6)(H,7,8);2*1,3-4H2,2H3;4*1H2,2H3;;/q;;;;;;;2*+1/p-2. The summed E-state index contributed by atoms with van der Waals surface area (Å²) in [6.07, 6.45) is 6.60. The average Bonchev–Trinajstić information content (AvgIpc) is 2.63. The van der Waals surface area contributed by atoms with Gasteiger partial charge in [0.05, 0.1) is 11.9 Å². The molecule has 0 atom stereocenters. The number of carbonyl (C=O) groups excluding carboxylic acids is 2. The maximum Gasteiger partial charge on any atom is 0.0643 e. The fraction of sp³-hybridized carbons (Fsp3) is 0.800. The molecule has 0 spiro atoms. The van der Waals surface area contributed by atoms with Crippen LogP contribution in [0.25, 0.3) is 0 Å². The Balaban J connectivity index is -0.000000306. The molecule has 0 saturated heterocycles. The van der Waals surface area contributed by atoms with Gasteiger partial charge in [0.15, 0.2) is 0 Å². The van der Waals surface area contributed by atoms with E-state index in [1.807, 2.05) is 0 Å². The van der Waals surface area contributed by atoms with E-state index in [1.165, 1.54) is 25.7 Å². The van der Waals surface area contributed by atoms with Crippen LogP contribution in [-0.2, 0) is 9.59 Å². The van der Waals surface area contributed by atoms with E-state index in [4.69, 9.17) is 0 Å². The number of aliphatic carboxylic acids is 2. The molecule has 0 aliphatic carbocycles. The van der Waals surface area contributed by atoms with Crippen molar-refractivity contribution in [1.82, 2.24) is 0 Å². The Kier molecular flexibility index (Phi) is 30.1. The number of carboxylic acids is 2. The largest absolute Gasteiger partial charge is 0.545 e. The van der Waals surface area contributed by atoms with Gasteiger partial charge in [-0.05, 0) is 12.2 Å². The van der Waals surface area contributed by atoms with Crippen LogP contribution in [0.15, 0.2) is 12.2 Å². The van der Waals surface area contributed by atoms with Crippen molar-refractivity contribution in [2.75, 3.05) is 0 Å². The summed E-state index contributed by atoms with van der Waals surface area (Å²) >= 11 is -1.43. The smallest absolute Gasteiger partial charge is 0.0643 e. The third-order valence-corrected chi connectivity index (χ3v) is 21.6. The SMILES string of the molecule is CCC[CH2][Sn+]([CH2]C)[CH2]C.CCC[CH2][Sn+]([CH2]C)[CH2]C.O=C([O-])C=CC(=O)[O-]. The maximum atomic E-state index is 9.41. The van der Waals surface area contributed by atoms with Crippen LogP contribution in [-0.4, -0.2) is 51.5 Å². The zero-order valence-corrected chi connectivity index (χ0v) is 23.6. The summed E-state index contributed by atoms with van der Waals surface area (Å²) < 4.78 is 9.56. The van der Waals surface area contributed by atoms with Crippen molar-refractivity contribution < 1.29 is 19.8 Å². The quantitative estimate of drug-likeness (QED) is 0.260. The number of unbranched alkanes of at least 4 members (excludes halogenated alkanes) is 2. The first-order valence-corrected chi connectivity index (χ1v) is 22.2. The summed E-state index contributed by atoms with van der Waals surface area (Å²) in [6.45, 7) is 14.1. The Morgan fingerprint density at radius 1 is 0.654 bits per heavy atom. The summed E-state index contributed by atoms with van der Waals surface area (Å²) in [6, 6.07) is 0. The van der Waals surface area contributed by atoms with Crippen molar-refractivity contribution in [2.24, 2.45) is 0 Å². The number of carboxylic acid groups (broad SMARTS) is 2. The van der Waals surface area contributed by atoms with E-state index in [0.29, 0.717) is 12.2 Å². The van der Waals surface area contributed by atoms with Crippen molar-refractivity contribution in [3.05, 3.63) is 12.2 Å². The molecule has 0 rings (SSSR count). The van der Waals surface area contributed by atoms with Gasteiger partial charge in [-0.1, -0.05) is 0 Å². The molecule has 0 N–H and O–H groups in total. The fourth-order valence-corrected chi connectivity index (χ4v) is 14.0. The van der Waals surface area contributed by atoms with Crippen LogP contribution >= 0.6 is 0 Å². The molecule has 0 heterocycles. The average molecular weight is 582 g/mol. The zero-order valence-electron chi connectivity index (χ0n) is 17.9. The van der Waals surface area contributed by atoms with Gasteiger partial charge < -0.3 is 19.8 Å². The molecule has 6 heteroatoms. The molecular formula is C20H40O4Sn2. The first-order chi connectivity index (χ1) is 12.3. The number of hydrogen-bond acceptors (Lipinski definition) is 4. The summed E-state index contributed by atoms with van der Waals surface area (Å²) in [4.78, 5) is 18.8. The number of carbonyl (C=O) groups is 2. The number of rotatable bonds is 12. The van der Waals surface area contributed by atoms with Gasteiger partial charge in [0, 0.05) is 0 Å². The van der Waals surface area contributed by atoms with Gasteiger partial charge in [-0.2, -0.15) is 0 Å². The number of hydrogen-bond donors (Lipinski definition) is 0. The van der Waals surface area contributed by atoms with Gasteiger partial charge in [0.25, 0.3) is 0 Å². The third-order valence-electron chi connectivity index (χ3n) is 4.12. The van der Waals surface area contributed by atoms with Gasteiger partial charge in [0.2, 0.25) is 0 Å². The molecule has 0 bridgehead atoms. The van der Waals surface area contributed by atoms with E-state index in [2.05, 4.69) is 41.5 Å². The van der Waals surface area contributed by atoms with Gasteiger partial charge in [-0.15, -0.1) is 0 Å². The van der Waals surface area contributed by atoms with Crippen LogP contribution in [0.1, 0.15) is 67.2 Å². The molecule has 0 aromatic rings. The molecular weight excluding hydrogens is 542 g/mol. The first-order valence-electron chi connectivity index (χ1n) is 10.1. The monoisotopic (exact) mass is 584 g/mol. The molecule has 0 aromatic carbocycles. The van der Waals surface area contributed by atoms with Crippen LogP contribution in [0.2, 0.25) is 26.6 Å². The van der Waals surface area contributed by atoms with Gasteiger partial charge in [-0.3, -0.25) is 0 Å². The maximum absolute atomic E-state index is 9.41. The van der Waals surface area contributed by atoms with E-state index in [0.717, 1.165) is 0 Å². The molecule has 0 aromatic heterocycles. The van der Waals surface area contributed by atoms with E-state index in [1.54, 1.807) is 26.6 Å². The van der Waals surface area contributed by atoms with Gasteiger partial charge in [-0.25, -0.2) is 0 Å². The van der Waals surface area contributed by atoms with Crippen LogP contribution in [0, 0.1) is 0 Å². The summed E-state index contributed by atoms with van der Waals surface area (Å²) in [5, 5.41) is 18.8. The minimum atomic E-state index is -1.55. The summed E-state index contributed by atoms with van der Waals surface area (Å²) in [5.41, 5.74) is 0. The van der Waals surface area contributed by atoms with E-state index >= 15 is 0 Å². The molecule has 26 heavy (non-hydrogen) atoms. The molecule has 4 nitrogen and oxygen atoms in total. The summed E-state index contributed by atoms with van der Waals surface area (Å²) in [5.74, 6) is -3.09. The first kappa shape index (κ1) is 31.0. The Hall–Kier alpha value is 0.277. The Morgan fingerprint density at radius 3 is 1.08 bits per heavy atom. The summed E-state index contributed by atoms with van der Waals surface area (Å²) in [7, 11) is 0. The van der Waals surface area contributed by atoms with Crippen LogP contribution in [0.3, 0.4) is 0 Å². The second-order valence-corrected chi connectivity index (χ2v) is 25.6. The molecule has 0 radical (unpaired) electrons. The predicted octanol–water partition coefficient (Wildman–Crippen LogP) is 3.68. The topological polar surface area (TPSA) is 80.3 Å². The molecule has 0 amide bonds. The molecule has 0 aliphatic heterocycles. The van der Waals surface area contributed by atoms with Crippen molar-refractivity contribution in [2.45, 2.75) is 93.8 Å². The van der Waals surface area contributed by atoms with Crippen LogP contribution < -0.4 is 10.2 Å². The van der Waals surface area contributed by atoms with Crippen molar-refractivity contribution in [3.63, 3.8) is 0 Å². The van der Waals surface area contributed by atoms with Gasteiger partial charge >= 0.3 is 133 Å². The second kappa shape index (κ2) is 25.3. The minimum Gasteiger partial charge on any atom is -0.545 e. The van der Waals surface area contributed by atoms with Crippen LogP contribution in [0.5, 0.6) is 0 Å². The Labute approximate surface area is 176 Å². The molecule has 0 aliphatic rings. The van der Waals surface area contributed by atoms with Crippen molar-refractivity contribution >= 4 is 51.5 Å². The second-order valence-electron chi connectivity index (χ2n) is 6.09. The normalized spacial score (nSPS) is 9.62. The zero-order chi connectivity index (χ0) is 20.8. The Bertz CT molecular complexity index is 307. The van der Waals surface area contributed by atoms with Gasteiger partial charge in [0.1, 0.15) is 0 Å². The third kappa shape index (κ3) is 29.1. The molecule has 0 unspecified atom stereocenters. The van der Waals surface area contributed by atoms with E-state index in [9.17, 15) is 19.8 Å². The van der Waals surface area contributed by atoms with Crippen LogP contribution in [0.4, 0.5) is 0 Å². The van der Waals surface area contributed by atoms with E-state index < -0.39 is 51.5 Å². The van der Waals surface area contributed by atoms with E-state index in [-0.39, 0.29) is 0 Å².